The Morgan fingerprint density at radius 3 is 2.44 bits per heavy atom. The Hall–Kier alpha value is -2.86. The number of rotatable bonds is 3. The summed E-state index contributed by atoms with van der Waals surface area (Å²) in [6, 6.07) is 16.0. The van der Waals surface area contributed by atoms with Crippen LogP contribution in [-0.4, -0.2) is 34.3 Å². The van der Waals surface area contributed by atoms with Crippen molar-refractivity contribution in [2.24, 2.45) is 0 Å². The zero-order valence-corrected chi connectivity index (χ0v) is 14.6. The molecule has 1 aromatic heterocycles. The zero-order valence-electron chi connectivity index (χ0n) is 13.9. The van der Waals surface area contributed by atoms with Crippen LogP contribution in [0.2, 0.25) is 5.02 Å². The molecule has 126 valence electrons. The third kappa shape index (κ3) is 2.96. The standard InChI is InChI=1S/C18H17ClN6/c1-24(2)15-9-5-13(6-10-15)17-11-16(12-3-7-14(19)8-4-12)20-18-21-22-23-25(17)18/h3-11,17H,1-2H3,(H,20,21,23)/t17-/m1/s1. The number of nitrogens with zero attached hydrogens (tertiary/aromatic N) is 5. The fraction of sp³-hybridized carbons (Fsp3) is 0.167. The molecule has 3 aromatic rings. The second-order valence-corrected chi connectivity index (χ2v) is 6.53. The van der Waals surface area contributed by atoms with Gasteiger partial charge in [-0.2, -0.15) is 4.68 Å². The molecule has 0 aliphatic carbocycles. The number of nitrogens with one attached hydrogen (secondary N) is 1. The average Bonchev–Trinajstić information content (AvgIpc) is 3.10. The molecule has 1 aliphatic rings. The molecule has 6 nitrogen and oxygen atoms in total. The highest BCUT2D eigenvalue weighted by Crippen LogP contribution is 2.32. The number of halogens is 1. The van der Waals surface area contributed by atoms with Gasteiger partial charge in [-0.05, 0) is 51.9 Å². The summed E-state index contributed by atoms with van der Waals surface area (Å²) in [5, 5.41) is 16.0. The van der Waals surface area contributed by atoms with Gasteiger partial charge in [0, 0.05) is 30.5 Å². The third-order valence-corrected chi connectivity index (χ3v) is 4.49. The summed E-state index contributed by atoms with van der Waals surface area (Å²) in [5.74, 6) is 0.620. The molecule has 2 heterocycles. The molecule has 1 N–H and O–H groups in total. The van der Waals surface area contributed by atoms with Gasteiger partial charge in [0.15, 0.2) is 0 Å². The maximum atomic E-state index is 6.00. The van der Waals surface area contributed by atoms with Crippen molar-refractivity contribution in [1.82, 2.24) is 20.2 Å². The van der Waals surface area contributed by atoms with Crippen molar-refractivity contribution in [3.8, 4) is 0 Å². The van der Waals surface area contributed by atoms with Crippen LogP contribution in [0.4, 0.5) is 11.6 Å². The number of fused-ring (bicyclic) bond motifs is 1. The van der Waals surface area contributed by atoms with E-state index in [1.165, 1.54) is 0 Å². The van der Waals surface area contributed by atoms with Gasteiger partial charge in [0.05, 0.1) is 0 Å². The van der Waals surface area contributed by atoms with E-state index in [1.807, 2.05) is 38.4 Å². The van der Waals surface area contributed by atoms with E-state index >= 15 is 0 Å². The number of hydrogen-bond donors (Lipinski definition) is 1. The van der Waals surface area contributed by atoms with Crippen LogP contribution in [0.1, 0.15) is 17.2 Å². The van der Waals surface area contributed by atoms with E-state index in [0.29, 0.717) is 11.0 Å². The monoisotopic (exact) mass is 352 g/mol. The van der Waals surface area contributed by atoms with Crippen molar-refractivity contribution in [2.75, 3.05) is 24.3 Å². The van der Waals surface area contributed by atoms with Gasteiger partial charge >= 0.3 is 0 Å². The summed E-state index contributed by atoms with van der Waals surface area (Å²) in [5.41, 5.74) is 4.26. The summed E-state index contributed by atoms with van der Waals surface area (Å²) in [7, 11) is 4.05. The molecule has 0 saturated heterocycles. The van der Waals surface area contributed by atoms with Crippen LogP contribution in [0.3, 0.4) is 0 Å². The summed E-state index contributed by atoms with van der Waals surface area (Å²) in [6.07, 6.45) is 2.12. The predicted octanol–water partition coefficient (Wildman–Crippen LogP) is 3.45. The smallest absolute Gasteiger partial charge is 0.248 e. The van der Waals surface area contributed by atoms with E-state index in [9.17, 15) is 0 Å². The zero-order chi connectivity index (χ0) is 17.4. The Bertz CT molecular complexity index is 911. The van der Waals surface area contributed by atoms with Crippen LogP contribution in [-0.2, 0) is 0 Å². The molecular formula is C18H17ClN6. The molecule has 0 spiro atoms. The summed E-state index contributed by atoms with van der Waals surface area (Å²) < 4.78 is 1.78. The molecule has 0 amide bonds. The Kier molecular flexibility index (Phi) is 3.89. The summed E-state index contributed by atoms with van der Waals surface area (Å²) >= 11 is 6.00. The maximum Gasteiger partial charge on any atom is 0.248 e. The molecule has 7 heteroatoms. The van der Waals surface area contributed by atoms with Gasteiger partial charge in [-0.1, -0.05) is 41.0 Å². The van der Waals surface area contributed by atoms with Crippen LogP contribution in [0.5, 0.6) is 0 Å². The highest BCUT2D eigenvalue weighted by molar-refractivity contribution is 6.30. The summed E-state index contributed by atoms with van der Waals surface area (Å²) in [6.45, 7) is 0. The number of aromatic nitrogens is 4. The number of benzene rings is 2. The molecular weight excluding hydrogens is 336 g/mol. The molecule has 0 bridgehead atoms. The van der Waals surface area contributed by atoms with Crippen LogP contribution in [0.15, 0.2) is 54.6 Å². The van der Waals surface area contributed by atoms with E-state index in [4.69, 9.17) is 11.6 Å². The van der Waals surface area contributed by atoms with Crippen molar-refractivity contribution in [2.45, 2.75) is 6.04 Å². The molecule has 25 heavy (non-hydrogen) atoms. The molecule has 0 unspecified atom stereocenters. The molecule has 0 saturated carbocycles. The Morgan fingerprint density at radius 1 is 1.04 bits per heavy atom. The molecule has 4 rings (SSSR count). The van der Waals surface area contributed by atoms with Gasteiger partial charge in [-0.25, -0.2) is 0 Å². The number of hydrogen-bond acceptors (Lipinski definition) is 5. The number of allylic oxidation sites excluding steroid dienone is 1. The first-order valence-electron chi connectivity index (χ1n) is 7.92. The van der Waals surface area contributed by atoms with Crippen molar-refractivity contribution in [1.29, 1.82) is 0 Å². The molecule has 0 fully saturated rings. The Labute approximate surface area is 150 Å². The number of tetrazole rings is 1. The van der Waals surface area contributed by atoms with Crippen molar-refractivity contribution >= 4 is 28.9 Å². The normalized spacial score (nSPS) is 16.0. The average molecular weight is 353 g/mol. The van der Waals surface area contributed by atoms with E-state index < -0.39 is 0 Å². The van der Waals surface area contributed by atoms with Gasteiger partial charge < -0.3 is 10.2 Å². The van der Waals surface area contributed by atoms with Crippen LogP contribution in [0.25, 0.3) is 5.70 Å². The predicted molar refractivity (Wildman–Crippen MR) is 99.8 cm³/mol. The van der Waals surface area contributed by atoms with Crippen molar-refractivity contribution in [3.63, 3.8) is 0 Å². The van der Waals surface area contributed by atoms with Gasteiger partial charge in [-0.15, -0.1) is 0 Å². The highest BCUT2D eigenvalue weighted by atomic mass is 35.5. The van der Waals surface area contributed by atoms with E-state index in [0.717, 1.165) is 22.5 Å². The first-order valence-corrected chi connectivity index (χ1v) is 8.29. The molecule has 0 radical (unpaired) electrons. The fourth-order valence-electron chi connectivity index (χ4n) is 2.86. The lowest BCUT2D eigenvalue weighted by atomic mass is 10.0. The topological polar surface area (TPSA) is 58.9 Å². The van der Waals surface area contributed by atoms with Crippen LogP contribution < -0.4 is 10.2 Å². The lowest BCUT2D eigenvalue weighted by Gasteiger charge is -2.24. The van der Waals surface area contributed by atoms with E-state index in [2.05, 4.69) is 56.1 Å². The first-order chi connectivity index (χ1) is 12.1. The SMILES string of the molecule is CN(C)c1ccc([C@H]2C=C(c3ccc(Cl)cc3)Nc3nnnn32)cc1. The fourth-order valence-corrected chi connectivity index (χ4v) is 2.98. The lowest BCUT2D eigenvalue weighted by molar-refractivity contribution is 0.586. The minimum atomic E-state index is -0.0758. The molecule has 2 aromatic carbocycles. The molecule has 1 atom stereocenters. The first kappa shape index (κ1) is 15.7. The van der Waals surface area contributed by atoms with Crippen LogP contribution >= 0.6 is 11.6 Å². The molecule has 1 aliphatic heterocycles. The third-order valence-electron chi connectivity index (χ3n) is 4.23. The quantitative estimate of drug-likeness (QED) is 0.782. The largest absolute Gasteiger partial charge is 0.378 e. The van der Waals surface area contributed by atoms with E-state index in [-0.39, 0.29) is 6.04 Å². The van der Waals surface area contributed by atoms with Crippen molar-refractivity contribution in [3.05, 3.63) is 70.8 Å². The Morgan fingerprint density at radius 2 is 1.76 bits per heavy atom. The maximum absolute atomic E-state index is 6.00. The van der Waals surface area contributed by atoms with Gasteiger partial charge in [0.2, 0.25) is 5.95 Å². The minimum absolute atomic E-state index is 0.0758. The van der Waals surface area contributed by atoms with Gasteiger partial charge in [0.25, 0.3) is 0 Å². The van der Waals surface area contributed by atoms with Crippen LogP contribution in [0, 0.1) is 0 Å². The second-order valence-electron chi connectivity index (χ2n) is 6.09. The van der Waals surface area contributed by atoms with Gasteiger partial charge in [-0.3, -0.25) is 0 Å². The minimum Gasteiger partial charge on any atom is -0.378 e. The number of anilines is 2. The van der Waals surface area contributed by atoms with Gasteiger partial charge in [0.1, 0.15) is 6.04 Å². The van der Waals surface area contributed by atoms with Crippen molar-refractivity contribution < 1.29 is 0 Å². The second kappa shape index (κ2) is 6.22. The lowest BCUT2D eigenvalue weighted by Crippen LogP contribution is -2.20. The highest BCUT2D eigenvalue weighted by Gasteiger charge is 2.24. The summed E-state index contributed by atoms with van der Waals surface area (Å²) in [4.78, 5) is 2.07. The van der Waals surface area contributed by atoms with E-state index in [1.54, 1.807) is 4.68 Å². The Balaban J connectivity index is 1.75.